The minimum absolute atomic E-state index is 0.104. The maximum atomic E-state index is 12.6. The highest BCUT2D eigenvalue weighted by Gasteiger charge is 2.18. The van der Waals surface area contributed by atoms with E-state index in [2.05, 4.69) is 20.8 Å². The highest BCUT2D eigenvalue weighted by Crippen LogP contribution is 2.31. The largest absolute Gasteiger partial charge is 0.497 e. The van der Waals surface area contributed by atoms with Crippen LogP contribution in [0.15, 0.2) is 71.9 Å². The number of urea groups is 1. The number of ether oxygens (including phenoxy) is 2. The number of carbonyl (C=O) groups is 1. The van der Waals surface area contributed by atoms with E-state index in [-0.39, 0.29) is 6.54 Å². The van der Waals surface area contributed by atoms with Gasteiger partial charge < -0.3 is 20.1 Å². The van der Waals surface area contributed by atoms with Gasteiger partial charge in [-0.3, -0.25) is 4.57 Å². The molecule has 4 aromatic rings. The lowest BCUT2D eigenvalue weighted by Gasteiger charge is -2.14. The predicted molar refractivity (Wildman–Crippen MR) is 143 cm³/mol. The lowest BCUT2D eigenvalue weighted by Crippen LogP contribution is -2.29. The normalized spacial score (nSPS) is 10.7. The summed E-state index contributed by atoms with van der Waals surface area (Å²) in [4.78, 5) is 12.6. The molecule has 0 saturated carbocycles. The van der Waals surface area contributed by atoms with Crippen molar-refractivity contribution in [2.75, 3.05) is 19.5 Å². The molecule has 1 aromatic heterocycles. The number of benzene rings is 3. The van der Waals surface area contributed by atoms with Crippen LogP contribution in [0.25, 0.3) is 5.69 Å². The maximum absolute atomic E-state index is 12.6. The Bertz CT molecular complexity index is 1370. The molecule has 0 aliphatic carbocycles. The van der Waals surface area contributed by atoms with Crippen LogP contribution in [0, 0.1) is 0 Å². The molecule has 0 unspecified atom stereocenters. The van der Waals surface area contributed by atoms with Crippen LogP contribution in [-0.2, 0) is 12.3 Å². The van der Waals surface area contributed by atoms with Crippen molar-refractivity contribution < 1.29 is 14.3 Å². The molecular weight excluding hydrogens is 521 g/mol. The van der Waals surface area contributed by atoms with Gasteiger partial charge in [0.05, 0.1) is 37.2 Å². The molecule has 36 heavy (non-hydrogen) atoms. The van der Waals surface area contributed by atoms with E-state index < -0.39 is 6.03 Å². The Morgan fingerprint density at radius 2 is 1.83 bits per heavy atom. The highest BCUT2D eigenvalue weighted by atomic mass is 35.5. The van der Waals surface area contributed by atoms with Gasteiger partial charge in [-0.2, -0.15) is 0 Å². The number of thioether (sulfide) groups is 1. The fourth-order valence-electron chi connectivity index (χ4n) is 3.40. The summed E-state index contributed by atoms with van der Waals surface area (Å²) in [5.74, 6) is 2.46. The molecule has 0 aliphatic heterocycles. The second-order valence-electron chi connectivity index (χ2n) is 7.48. The van der Waals surface area contributed by atoms with Crippen molar-refractivity contribution in [3.63, 3.8) is 0 Å². The number of aromatic nitrogens is 3. The molecule has 2 amide bonds. The number of nitrogens with one attached hydrogen (secondary N) is 2. The van der Waals surface area contributed by atoms with E-state index >= 15 is 0 Å². The number of rotatable bonds is 9. The van der Waals surface area contributed by atoms with Crippen LogP contribution in [0.4, 0.5) is 10.5 Å². The molecule has 0 radical (unpaired) electrons. The Morgan fingerprint density at radius 3 is 2.61 bits per heavy atom. The second kappa shape index (κ2) is 12.0. The molecule has 0 aliphatic rings. The van der Waals surface area contributed by atoms with Gasteiger partial charge in [-0.25, -0.2) is 4.79 Å². The van der Waals surface area contributed by atoms with Crippen LogP contribution in [-0.4, -0.2) is 35.0 Å². The highest BCUT2D eigenvalue weighted by molar-refractivity contribution is 7.98. The van der Waals surface area contributed by atoms with Gasteiger partial charge >= 0.3 is 6.03 Å². The van der Waals surface area contributed by atoms with Gasteiger partial charge in [0.25, 0.3) is 0 Å². The van der Waals surface area contributed by atoms with Gasteiger partial charge in [0.1, 0.15) is 11.5 Å². The van der Waals surface area contributed by atoms with Crippen LogP contribution in [0.5, 0.6) is 11.5 Å². The topological polar surface area (TPSA) is 90.3 Å². The zero-order valence-corrected chi connectivity index (χ0v) is 21.8. The average Bonchev–Trinajstić information content (AvgIpc) is 3.29. The molecule has 0 atom stereocenters. The molecule has 0 bridgehead atoms. The van der Waals surface area contributed by atoms with Crippen LogP contribution in [0.2, 0.25) is 10.0 Å². The van der Waals surface area contributed by atoms with Crippen molar-refractivity contribution in [2.45, 2.75) is 17.5 Å². The summed E-state index contributed by atoms with van der Waals surface area (Å²) >= 11 is 14.1. The summed E-state index contributed by atoms with van der Waals surface area (Å²) < 4.78 is 12.4. The first kappa shape index (κ1) is 25.7. The maximum Gasteiger partial charge on any atom is 0.319 e. The molecule has 2 N–H and O–H groups in total. The van der Waals surface area contributed by atoms with E-state index in [1.54, 1.807) is 44.6 Å². The number of amides is 2. The molecule has 8 nitrogen and oxygen atoms in total. The second-order valence-corrected chi connectivity index (χ2v) is 9.26. The van der Waals surface area contributed by atoms with E-state index in [4.69, 9.17) is 32.7 Å². The number of hydrogen-bond acceptors (Lipinski definition) is 6. The monoisotopic (exact) mass is 543 g/mol. The fraction of sp³-hybridized carbons (Fsp3) is 0.160. The molecule has 1 heterocycles. The van der Waals surface area contributed by atoms with E-state index in [9.17, 15) is 4.79 Å². The number of para-hydroxylation sites is 2. The van der Waals surface area contributed by atoms with E-state index in [1.165, 1.54) is 11.8 Å². The minimum Gasteiger partial charge on any atom is -0.497 e. The van der Waals surface area contributed by atoms with Crippen molar-refractivity contribution in [3.8, 4) is 17.2 Å². The number of halogens is 2. The van der Waals surface area contributed by atoms with Gasteiger partial charge in [-0.15, -0.1) is 10.2 Å². The van der Waals surface area contributed by atoms with Crippen molar-refractivity contribution in [3.05, 3.63) is 88.2 Å². The Kier molecular flexibility index (Phi) is 8.58. The zero-order chi connectivity index (χ0) is 25.5. The number of methoxy groups -OCH3 is 2. The van der Waals surface area contributed by atoms with Gasteiger partial charge in [-0.05, 0) is 48.0 Å². The van der Waals surface area contributed by atoms with Crippen molar-refractivity contribution in [2.24, 2.45) is 0 Å². The number of anilines is 1. The standard InChI is InChI=1S/C25H23Cl2N5O3S/c1-34-18-7-5-6-16(12-18)15-36-25-31-30-23(32(25)21-11-10-17(26)13-19(21)27)14-28-24(33)29-20-8-3-4-9-22(20)35-2/h3-13H,14-15H2,1-2H3,(H2,28,29,33). The first-order valence-corrected chi connectivity index (χ1v) is 12.6. The third-order valence-corrected chi connectivity index (χ3v) is 6.65. The third kappa shape index (κ3) is 6.23. The van der Waals surface area contributed by atoms with Gasteiger partial charge in [0.15, 0.2) is 11.0 Å². The molecule has 0 saturated heterocycles. The molecular formula is C25H23Cl2N5O3S. The van der Waals surface area contributed by atoms with E-state index in [1.807, 2.05) is 41.0 Å². The number of nitrogens with zero attached hydrogens (tertiary/aromatic N) is 3. The summed E-state index contributed by atoms with van der Waals surface area (Å²) in [7, 11) is 3.18. The molecule has 0 fully saturated rings. The first-order valence-electron chi connectivity index (χ1n) is 10.8. The molecule has 11 heteroatoms. The van der Waals surface area contributed by atoms with Crippen LogP contribution in [0.1, 0.15) is 11.4 Å². The molecule has 186 valence electrons. The van der Waals surface area contributed by atoms with Gasteiger partial charge in [-0.1, -0.05) is 59.2 Å². The van der Waals surface area contributed by atoms with Crippen LogP contribution < -0.4 is 20.1 Å². The average molecular weight is 544 g/mol. The SMILES string of the molecule is COc1cccc(CSc2nnc(CNC(=O)Nc3ccccc3OC)n2-c2ccc(Cl)cc2Cl)c1. The van der Waals surface area contributed by atoms with Crippen LogP contribution in [0.3, 0.4) is 0 Å². The smallest absolute Gasteiger partial charge is 0.319 e. The van der Waals surface area contributed by atoms with Crippen LogP contribution >= 0.6 is 35.0 Å². The van der Waals surface area contributed by atoms with Crippen molar-refractivity contribution >= 4 is 46.7 Å². The summed E-state index contributed by atoms with van der Waals surface area (Å²) in [6, 6.07) is 19.7. The molecule has 3 aromatic carbocycles. The Balaban J connectivity index is 1.55. The first-order chi connectivity index (χ1) is 17.5. The third-order valence-electron chi connectivity index (χ3n) is 5.12. The van der Waals surface area contributed by atoms with Crippen molar-refractivity contribution in [1.82, 2.24) is 20.1 Å². The Hall–Kier alpha value is -3.40. The Morgan fingerprint density at radius 1 is 1.00 bits per heavy atom. The predicted octanol–water partition coefficient (Wildman–Crippen LogP) is 6.21. The van der Waals surface area contributed by atoms with Crippen molar-refractivity contribution in [1.29, 1.82) is 0 Å². The van der Waals surface area contributed by atoms with Gasteiger partial charge in [0.2, 0.25) is 0 Å². The summed E-state index contributed by atoms with van der Waals surface area (Å²) in [5.41, 5.74) is 2.27. The molecule has 4 rings (SSSR count). The lowest BCUT2D eigenvalue weighted by atomic mass is 10.2. The summed E-state index contributed by atoms with van der Waals surface area (Å²) in [6.07, 6.45) is 0. The summed E-state index contributed by atoms with van der Waals surface area (Å²) in [6.45, 7) is 0.104. The minimum atomic E-state index is -0.415. The zero-order valence-electron chi connectivity index (χ0n) is 19.5. The number of carbonyl (C=O) groups excluding carboxylic acids is 1. The quantitative estimate of drug-likeness (QED) is 0.244. The van der Waals surface area contributed by atoms with E-state index in [0.717, 1.165) is 11.3 Å². The van der Waals surface area contributed by atoms with Gasteiger partial charge in [0, 0.05) is 10.8 Å². The Labute approximate surface area is 222 Å². The van der Waals surface area contributed by atoms with E-state index in [0.29, 0.717) is 43.9 Å². The molecule has 0 spiro atoms. The summed E-state index contributed by atoms with van der Waals surface area (Å²) in [5, 5.41) is 15.8. The fourth-order valence-corrected chi connectivity index (χ4v) is 4.80. The lowest BCUT2D eigenvalue weighted by molar-refractivity contribution is 0.251. The number of hydrogen-bond donors (Lipinski definition) is 2.